The third kappa shape index (κ3) is 6.93. The van der Waals surface area contributed by atoms with Gasteiger partial charge in [-0.25, -0.2) is 0 Å². The molecule has 0 nitrogen and oxygen atoms in total. The summed E-state index contributed by atoms with van der Waals surface area (Å²) in [6, 6.07) is 0. The van der Waals surface area contributed by atoms with E-state index in [1.807, 2.05) is 0 Å². The Kier molecular flexibility index (Phi) is 3.47. The van der Waals surface area contributed by atoms with Crippen molar-refractivity contribution in [2.24, 2.45) is 0 Å². The molecule has 0 saturated carbocycles. The first-order valence-electron chi connectivity index (χ1n) is 1.50. The summed E-state index contributed by atoms with van der Waals surface area (Å²) >= 11 is 0. The van der Waals surface area contributed by atoms with E-state index in [0.29, 0.717) is 0 Å². The molecule has 0 aliphatic rings. The Morgan fingerprint density at radius 1 is 1.43 bits per heavy atom. The summed E-state index contributed by atoms with van der Waals surface area (Å²) in [6.07, 6.45) is 0. The molecule has 0 rings (SSSR count). The minimum atomic E-state index is -2.96. The van der Waals surface area contributed by atoms with Gasteiger partial charge >= 0.3 is 57.7 Å². The van der Waals surface area contributed by atoms with Crippen LogP contribution in [-0.4, -0.2) is 10.5 Å². The zero-order chi connectivity index (χ0) is 5.91. The molecular formula is C3H3Cl3Ge. The molecule has 0 amide bonds. The van der Waals surface area contributed by atoms with Gasteiger partial charge in [0.1, 0.15) is 0 Å². The summed E-state index contributed by atoms with van der Waals surface area (Å²) in [5, 5.41) is 0. The molecule has 7 heavy (non-hydrogen) atoms. The van der Waals surface area contributed by atoms with Gasteiger partial charge in [0.05, 0.1) is 0 Å². The molecule has 0 saturated heterocycles. The Morgan fingerprint density at radius 2 is 1.86 bits per heavy atom. The topological polar surface area (TPSA) is 0 Å². The Labute approximate surface area is 57.7 Å². The van der Waals surface area contributed by atoms with Crippen molar-refractivity contribution in [3.63, 3.8) is 0 Å². The van der Waals surface area contributed by atoms with E-state index < -0.39 is 10.5 Å². The fraction of sp³-hybridized carbons (Fsp3) is 0. The Morgan fingerprint density at radius 3 is 1.86 bits per heavy atom. The number of hydrogen-bond donors (Lipinski definition) is 0. The van der Waals surface area contributed by atoms with E-state index >= 15 is 0 Å². The average Bonchev–Trinajstić information content (AvgIpc) is 1.30. The van der Waals surface area contributed by atoms with Crippen LogP contribution < -0.4 is 0 Å². The van der Waals surface area contributed by atoms with Gasteiger partial charge in [0, 0.05) is 0 Å². The van der Waals surface area contributed by atoms with E-state index in [4.69, 9.17) is 30.0 Å². The van der Waals surface area contributed by atoms with Gasteiger partial charge in [-0.15, -0.1) is 0 Å². The molecule has 0 radical (unpaired) electrons. The first-order valence-corrected chi connectivity index (χ1v) is 11.0. The molecular weight excluding hydrogens is 215 g/mol. The van der Waals surface area contributed by atoms with E-state index in [1.165, 1.54) is 4.91 Å². The average molecular weight is 218 g/mol. The number of halogens is 3. The molecule has 0 heterocycles. The summed E-state index contributed by atoms with van der Waals surface area (Å²) in [4.78, 5) is 1.44. The predicted octanol–water partition coefficient (Wildman–Crippen LogP) is 2.52. The second kappa shape index (κ2) is 3.06. The van der Waals surface area contributed by atoms with Gasteiger partial charge in [-0.1, -0.05) is 0 Å². The van der Waals surface area contributed by atoms with E-state index in [9.17, 15) is 0 Å². The summed E-state index contributed by atoms with van der Waals surface area (Å²) in [5.41, 5.74) is 2.42. The molecule has 40 valence electrons. The quantitative estimate of drug-likeness (QED) is 0.468. The van der Waals surface area contributed by atoms with Crippen LogP contribution in [0.25, 0.3) is 0 Å². The number of rotatable bonds is 1. The second-order valence-electron chi connectivity index (χ2n) is 0.890. The van der Waals surface area contributed by atoms with Crippen molar-refractivity contribution in [2.45, 2.75) is 0 Å². The molecule has 0 N–H and O–H groups in total. The summed E-state index contributed by atoms with van der Waals surface area (Å²) in [7, 11) is 13.2. The van der Waals surface area contributed by atoms with Gasteiger partial charge in [0.2, 0.25) is 0 Å². The van der Waals surface area contributed by atoms with Gasteiger partial charge in [-0.05, 0) is 0 Å². The second-order valence-corrected chi connectivity index (χ2v) is 16.1. The molecule has 0 bridgehead atoms. The van der Waals surface area contributed by atoms with Gasteiger partial charge < -0.3 is 0 Å². The summed E-state index contributed by atoms with van der Waals surface area (Å²) in [6.45, 7) is 3.26. The Balaban J connectivity index is 3.80. The van der Waals surface area contributed by atoms with Crippen molar-refractivity contribution in [1.82, 2.24) is 0 Å². The van der Waals surface area contributed by atoms with Crippen LogP contribution in [0.4, 0.5) is 0 Å². The SMILES string of the molecule is C=C=[CH][Ge]([Cl])([Cl])[Cl]. The van der Waals surface area contributed by atoms with Gasteiger partial charge in [-0.3, -0.25) is 0 Å². The molecule has 0 unspecified atom stereocenters. The molecule has 0 aliphatic carbocycles. The zero-order valence-electron chi connectivity index (χ0n) is 3.42. The van der Waals surface area contributed by atoms with E-state index in [2.05, 4.69) is 12.3 Å². The van der Waals surface area contributed by atoms with Crippen LogP contribution in [0, 0.1) is 0 Å². The van der Waals surface area contributed by atoms with Crippen LogP contribution in [0.1, 0.15) is 0 Å². The maximum atomic E-state index is 5.39. The third-order valence-corrected chi connectivity index (χ3v) is 3.08. The van der Waals surface area contributed by atoms with E-state index in [-0.39, 0.29) is 0 Å². The van der Waals surface area contributed by atoms with Crippen LogP contribution in [0.3, 0.4) is 0 Å². The maximum absolute atomic E-state index is 5.39. The molecule has 0 aliphatic heterocycles. The molecule has 4 heteroatoms. The molecule has 0 fully saturated rings. The molecule has 0 spiro atoms. The van der Waals surface area contributed by atoms with Crippen molar-refractivity contribution >= 4 is 40.5 Å². The van der Waals surface area contributed by atoms with Crippen molar-refractivity contribution in [3.05, 3.63) is 17.2 Å². The van der Waals surface area contributed by atoms with Crippen molar-refractivity contribution < 1.29 is 0 Å². The van der Waals surface area contributed by atoms with Crippen LogP contribution in [0.15, 0.2) is 17.2 Å². The first-order chi connectivity index (χ1) is 3.06. The third-order valence-electron chi connectivity index (χ3n) is 0.266. The number of hydrogen-bond acceptors (Lipinski definition) is 0. The van der Waals surface area contributed by atoms with Crippen LogP contribution in [0.2, 0.25) is 0 Å². The normalized spacial score (nSPS) is 10.1. The molecule has 0 aromatic rings. The Hall–Kier alpha value is 0.933. The first kappa shape index (κ1) is 7.93. The minimum absolute atomic E-state index is 1.44. The van der Waals surface area contributed by atoms with Gasteiger partial charge in [0.25, 0.3) is 0 Å². The zero-order valence-corrected chi connectivity index (χ0v) is 7.78. The van der Waals surface area contributed by atoms with E-state index in [1.54, 1.807) is 0 Å². The molecule has 0 aromatic heterocycles. The van der Waals surface area contributed by atoms with Gasteiger partial charge in [0.15, 0.2) is 0 Å². The van der Waals surface area contributed by atoms with Crippen LogP contribution >= 0.6 is 30.0 Å². The monoisotopic (exact) mass is 218 g/mol. The van der Waals surface area contributed by atoms with Crippen LogP contribution in [0.5, 0.6) is 0 Å². The molecule has 0 atom stereocenters. The summed E-state index contributed by atoms with van der Waals surface area (Å²) in [5.74, 6) is 0. The van der Waals surface area contributed by atoms with E-state index in [0.717, 1.165) is 0 Å². The predicted molar refractivity (Wildman–Crippen MR) is 37.0 cm³/mol. The standard InChI is InChI=1S/C3H3Cl3Ge/c1-2-3-7(4,5)6/h3H,1H2. The van der Waals surface area contributed by atoms with Gasteiger partial charge in [-0.2, -0.15) is 0 Å². The Bertz CT molecular complexity index is 97.2. The molecule has 0 aromatic carbocycles. The fourth-order valence-electron chi connectivity index (χ4n) is 0.116. The van der Waals surface area contributed by atoms with Crippen LogP contribution in [-0.2, 0) is 0 Å². The van der Waals surface area contributed by atoms with Crippen molar-refractivity contribution in [3.8, 4) is 0 Å². The van der Waals surface area contributed by atoms with Crippen molar-refractivity contribution in [1.29, 1.82) is 0 Å². The fourth-order valence-corrected chi connectivity index (χ4v) is 1.80. The summed E-state index contributed by atoms with van der Waals surface area (Å²) < 4.78 is 0. The van der Waals surface area contributed by atoms with Crippen molar-refractivity contribution in [2.75, 3.05) is 0 Å².